The third kappa shape index (κ3) is 2.85. The van der Waals surface area contributed by atoms with E-state index in [1.54, 1.807) is 29.1 Å². The lowest BCUT2D eigenvalue weighted by atomic mass is 10.1. The Morgan fingerprint density at radius 1 is 1.43 bits per heavy atom. The van der Waals surface area contributed by atoms with Crippen molar-refractivity contribution in [2.24, 2.45) is 5.73 Å². The Bertz CT molecular complexity index is 703. The molecule has 0 bridgehead atoms. The summed E-state index contributed by atoms with van der Waals surface area (Å²) in [6.07, 6.45) is 3.40. The molecule has 0 unspecified atom stereocenters. The van der Waals surface area contributed by atoms with Gasteiger partial charge in [0.2, 0.25) is 0 Å². The Labute approximate surface area is 120 Å². The number of benzene rings is 1. The second kappa shape index (κ2) is 5.49. The van der Waals surface area contributed by atoms with E-state index >= 15 is 0 Å². The third-order valence-corrected chi connectivity index (χ3v) is 3.25. The molecule has 2 aromatic rings. The van der Waals surface area contributed by atoms with E-state index in [1.165, 1.54) is 12.1 Å². The average Bonchev–Trinajstić information content (AvgIpc) is 2.47. The van der Waals surface area contributed by atoms with Crippen molar-refractivity contribution in [3.8, 4) is 5.75 Å². The highest BCUT2D eigenvalue weighted by molar-refractivity contribution is 5.92. The first-order chi connectivity index (χ1) is 10.1. The topological polar surface area (TPSA) is 65.4 Å². The number of hydrogen-bond donors (Lipinski definition) is 1. The molecule has 6 heteroatoms. The molecule has 0 aliphatic carbocycles. The summed E-state index contributed by atoms with van der Waals surface area (Å²) in [6, 6.07) is 6.18. The maximum Gasteiger partial charge on any atom is 0.254 e. The first kappa shape index (κ1) is 13.5. The lowest BCUT2D eigenvalue weighted by molar-refractivity contribution is -0.688. The minimum absolute atomic E-state index is 0.150. The number of pyridine rings is 1. The molecule has 3 rings (SSSR count). The van der Waals surface area contributed by atoms with E-state index in [4.69, 9.17) is 15.2 Å². The summed E-state index contributed by atoms with van der Waals surface area (Å²) in [4.78, 5) is 11.2. The fourth-order valence-corrected chi connectivity index (χ4v) is 2.34. The van der Waals surface area contributed by atoms with E-state index in [0.29, 0.717) is 35.6 Å². The zero-order valence-electron chi connectivity index (χ0n) is 11.2. The van der Waals surface area contributed by atoms with Crippen molar-refractivity contribution >= 4 is 5.91 Å². The number of fused-ring (bicyclic) bond motifs is 1. The molecule has 1 aromatic heterocycles. The van der Waals surface area contributed by atoms with Crippen LogP contribution in [0.3, 0.4) is 0 Å². The zero-order valence-corrected chi connectivity index (χ0v) is 11.2. The second-order valence-corrected chi connectivity index (χ2v) is 4.79. The maximum absolute atomic E-state index is 13.7. The molecule has 21 heavy (non-hydrogen) atoms. The van der Waals surface area contributed by atoms with Crippen LogP contribution in [0.1, 0.15) is 21.5 Å². The van der Waals surface area contributed by atoms with Crippen LogP contribution in [0.2, 0.25) is 0 Å². The van der Waals surface area contributed by atoms with Crippen LogP contribution >= 0.6 is 0 Å². The molecule has 1 aliphatic rings. The molecule has 1 aliphatic heterocycles. The Hall–Kier alpha value is -2.47. The molecule has 5 nitrogen and oxygen atoms in total. The van der Waals surface area contributed by atoms with E-state index in [0.717, 1.165) is 0 Å². The smallest absolute Gasteiger partial charge is 0.254 e. The van der Waals surface area contributed by atoms with Crippen molar-refractivity contribution in [1.82, 2.24) is 0 Å². The third-order valence-electron chi connectivity index (χ3n) is 3.25. The van der Waals surface area contributed by atoms with Crippen molar-refractivity contribution in [1.29, 1.82) is 0 Å². The van der Waals surface area contributed by atoms with Crippen LogP contribution in [0.5, 0.6) is 5.75 Å². The molecular weight excluding hydrogens is 275 g/mol. The summed E-state index contributed by atoms with van der Waals surface area (Å²) >= 11 is 0. The fraction of sp³-hybridized carbons (Fsp3) is 0.200. The molecule has 0 fully saturated rings. The second-order valence-electron chi connectivity index (χ2n) is 4.79. The van der Waals surface area contributed by atoms with Crippen molar-refractivity contribution in [2.75, 3.05) is 6.79 Å². The molecule has 0 atom stereocenters. The summed E-state index contributed by atoms with van der Waals surface area (Å²) in [6.45, 7) is 0.852. The van der Waals surface area contributed by atoms with Gasteiger partial charge in [0.1, 0.15) is 17.1 Å². The van der Waals surface area contributed by atoms with Crippen molar-refractivity contribution in [3.05, 3.63) is 59.2 Å². The van der Waals surface area contributed by atoms with Gasteiger partial charge in [-0.15, -0.1) is 0 Å². The van der Waals surface area contributed by atoms with Gasteiger partial charge in [0.05, 0.1) is 12.2 Å². The first-order valence-electron chi connectivity index (χ1n) is 6.44. The Morgan fingerprint density at radius 3 is 3.10 bits per heavy atom. The fourth-order valence-electron chi connectivity index (χ4n) is 2.34. The standard InChI is InChI=1S/C15H13FN2O3/c16-13-4-11(14-12(5-13)8-20-9-21-14)7-18-3-1-2-10(6-18)15(17)19/h1-6H,7-9H2,(H-,17,19)/p+1. The molecular formula is C15H14FN2O3+. The van der Waals surface area contributed by atoms with Gasteiger partial charge in [-0.1, -0.05) is 0 Å². The molecule has 2 N–H and O–H groups in total. The largest absolute Gasteiger partial charge is 0.467 e. The number of carbonyl (C=O) groups excluding carboxylic acids is 1. The van der Waals surface area contributed by atoms with Gasteiger partial charge in [0.15, 0.2) is 25.7 Å². The van der Waals surface area contributed by atoms with Crippen LogP contribution in [0.15, 0.2) is 36.7 Å². The van der Waals surface area contributed by atoms with Crippen molar-refractivity contribution in [3.63, 3.8) is 0 Å². The summed E-state index contributed by atoms with van der Waals surface area (Å²) in [5.74, 6) is -0.209. The average molecular weight is 289 g/mol. The monoisotopic (exact) mass is 289 g/mol. The molecule has 108 valence electrons. The van der Waals surface area contributed by atoms with Gasteiger partial charge in [-0.2, -0.15) is 4.57 Å². The minimum atomic E-state index is -0.504. The van der Waals surface area contributed by atoms with E-state index in [1.807, 2.05) is 0 Å². The summed E-state index contributed by atoms with van der Waals surface area (Å²) in [7, 11) is 0. The Morgan fingerprint density at radius 2 is 2.29 bits per heavy atom. The van der Waals surface area contributed by atoms with Gasteiger partial charge >= 0.3 is 0 Å². The number of aromatic nitrogens is 1. The lowest BCUT2D eigenvalue weighted by Crippen LogP contribution is -2.35. The van der Waals surface area contributed by atoms with Crippen LogP contribution in [0.25, 0.3) is 0 Å². The number of halogens is 1. The number of nitrogens with zero attached hydrogens (tertiary/aromatic N) is 1. The van der Waals surface area contributed by atoms with Gasteiger partial charge in [-0.25, -0.2) is 4.39 Å². The number of ether oxygens (including phenoxy) is 2. The Kier molecular flexibility index (Phi) is 3.53. The SMILES string of the molecule is NC(=O)c1ccc[n+](Cc2cc(F)cc3c2OCOC3)c1. The Balaban J connectivity index is 1.96. The highest BCUT2D eigenvalue weighted by Gasteiger charge is 2.19. The van der Waals surface area contributed by atoms with Gasteiger partial charge in [-0.3, -0.25) is 4.79 Å². The highest BCUT2D eigenvalue weighted by atomic mass is 19.1. The predicted molar refractivity (Wildman–Crippen MR) is 70.9 cm³/mol. The molecule has 0 spiro atoms. The lowest BCUT2D eigenvalue weighted by Gasteiger charge is -2.19. The number of amides is 1. The van der Waals surface area contributed by atoms with Crippen molar-refractivity contribution in [2.45, 2.75) is 13.2 Å². The quantitative estimate of drug-likeness (QED) is 0.861. The highest BCUT2D eigenvalue weighted by Crippen LogP contribution is 2.29. The van der Waals surface area contributed by atoms with E-state index in [2.05, 4.69) is 0 Å². The van der Waals surface area contributed by atoms with Crippen LogP contribution in [-0.2, 0) is 17.9 Å². The van der Waals surface area contributed by atoms with Gasteiger partial charge in [0.25, 0.3) is 5.91 Å². The zero-order chi connectivity index (χ0) is 14.8. The van der Waals surface area contributed by atoms with Crippen LogP contribution in [0, 0.1) is 5.82 Å². The van der Waals surface area contributed by atoms with Gasteiger partial charge in [-0.05, 0) is 18.2 Å². The van der Waals surface area contributed by atoms with Crippen molar-refractivity contribution < 1.29 is 23.2 Å². The van der Waals surface area contributed by atoms with Gasteiger partial charge in [0, 0.05) is 11.6 Å². The number of carbonyl (C=O) groups is 1. The van der Waals surface area contributed by atoms with Gasteiger partial charge < -0.3 is 15.2 Å². The van der Waals surface area contributed by atoms with E-state index < -0.39 is 5.91 Å². The minimum Gasteiger partial charge on any atom is -0.467 e. The predicted octanol–water partition coefficient (Wildman–Crippen LogP) is 1.13. The molecule has 2 heterocycles. The summed E-state index contributed by atoms with van der Waals surface area (Å²) < 4.78 is 26.0. The molecule has 0 saturated heterocycles. The van der Waals surface area contributed by atoms with Crippen LogP contribution in [0.4, 0.5) is 4.39 Å². The van der Waals surface area contributed by atoms with Crippen LogP contribution in [-0.4, -0.2) is 12.7 Å². The first-order valence-corrected chi connectivity index (χ1v) is 6.44. The summed E-state index contributed by atoms with van der Waals surface area (Å²) in [5, 5.41) is 0. The normalized spacial score (nSPS) is 13.4. The number of primary amides is 1. The number of hydrogen-bond acceptors (Lipinski definition) is 3. The number of rotatable bonds is 3. The molecule has 0 radical (unpaired) electrons. The van der Waals surface area contributed by atoms with Crippen LogP contribution < -0.4 is 15.0 Å². The number of nitrogens with two attached hydrogens (primary N) is 1. The maximum atomic E-state index is 13.7. The van der Waals surface area contributed by atoms with E-state index in [-0.39, 0.29) is 12.6 Å². The van der Waals surface area contributed by atoms with E-state index in [9.17, 15) is 9.18 Å². The molecule has 0 saturated carbocycles. The summed E-state index contributed by atoms with van der Waals surface area (Å²) in [5.41, 5.74) is 7.03. The molecule has 1 amide bonds. The molecule has 1 aromatic carbocycles.